The quantitative estimate of drug-likeness (QED) is 0.186. The van der Waals surface area contributed by atoms with Crippen LogP contribution in [0.2, 0.25) is 0 Å². The van der Waals surface area contributed by atoms with Gasteiger partial charge in [-0.3, -0.25) is 0 Å². The second-order valence-corrected chi connectivity index (χ2v) is 12.4. The molecule has 0 aliphatic carbocycles. The van der Waals surface area contributed by atoms with E-state index >= 15 is 0 Å². The van der Waals surface area contributed by atoms with Crippen LogP contribution in [0.1, 0.15) is 16.4 Å². The zero-order chi connectivity index (χ0) is 44.6. The number of fused-ring (bicyclic) bond motifs is 10. The van der Waals surface area contributed by atoms with E-state index < -0.39 is 60.4 Å². The second kappa shape index (κ2) is 11.2. The largest absolute Gasteiger partial charge is 0.456 e. The summed E-state index contributed by atoms with van der Waals surface area (Å²) in [6.45, 7) is 0. The van der Waals surface area contributed by atoms with E-state index in [0.717, 1.165) is 32.3 Å². The van der Waals surface area contributed by atoms with Crippen LogP contribution in [0.4, 0.5) is 0 Å². The lowest BCUT2D eigenvalue weighted by Gasteiger charge is -2.13. The molecule has 0 bridgehead atoms. The van der Waals surface area contributed by atoms with Crippen LogP contribution in [0.25, 0.3) is 105 Å². The molecule has 0 aliphatic rings. The minimum absolute atomic E-state index is 0.0327. The Morgan fingerprint density at radius 3 is 1.63 bits per heavy atom. The molecule has 242 valence electrons. The predicted molar refractivity (Wildman–Crippen MR) is 215 cm³/mol. The fourth-order valence-corrected chi connectivity index (χ4v) is 7.34. The lowest BCUT2D eigenvalue weighted by molar-refractivity contribution is 0.668. The molecule has 0 radical (unpaired) electrons. The summed E-state index contributed by atoms with van der Waals surface area (Å²) in [4.78, 5) is 9.69. The van der Waals surface area contributed by atoms with Crippen LogP contribution >= 0.6 is 0 Å². The lowest BCUT2D eigenvalue weighted by Crippen LogP contribution is -1.99. The van der Waals surface area contributed by atoms with Crippen molar-refractivity contribution in [2.24, 2.45) is 0 Å². The zero-order valence-electron chi connectivity index (χ0n) is 39.1. The van der Waals surface area contributed by atoms with Gasteiger partial charge < -0.3 is 8.98 Å². The third kappa shape index (κ3) is 4.34. The third-order valence-electron chi connectivity index (χ3n) is 9.55. The van der Waals surface area contributed by atoms with Crippen molar-refractivity contribution >= 4 is 65.3 Å². The molecule has 11 rings (SSSR count). The van der Waals surface area contributed by atoms with E-state index in [-0.39, 0.29) is 62.6 Å². The monoisotopic (exact) mass is 675 g/mol. The summed E-state index contributed by atoms with van der Waals surface area (Å²) < 4.78 is 115. The zero-order valence-corrected chi connectivity index (χ0v) is 27.1. The SMILES string of the molecule is [2H]c1c([2H])c([2H])c(-c2cc(-c3c([2H])c([2H])c([2H])c([2H])c3[2H])nc(-c3c([2H])c(-n4c5ccc6ccccc6c5c5c6ccccc6ccc54)c([2H])c4oc5ccccc5c34)n2)c([2H])c1[2H]. The smallest absolute Gasteiger partial charge is 0.161 e. The van der Waals surface area contributed by atoms with Crippen molar-refractivity contribution in [3.05, 3.63) is 176 Å². The Morgan fingerprint density at radius 1 is 0.500 bits per heavy atom. The number of benzene rings is 8. The molecule has 4 heteroatoms. The molecule has 3 heterocycles. The van der Waals surface area contributed by atoms with Crippen LogP contribution < -0.4 is 0 Å². The molecule has 0 fully saturated rings. The van der Waals surface area contributed by atoms with Gasteiger partial charge in [-0.1, -0.05) is 139 Å². The molecule has 0 amide bonds. The van der Waals surface area contributed by atoms with E-state index in [0.29, 0.717) is 22.0 Å². The summed E-state index contributed by atoms with van der Waals surface area (Å²) in [7, 11) is 0. The Labute approximate surface area is 315 Å². The van der Waals surface area contributed by atoms with Gasteiger partial charge in [0.2, 0.25) is 0 Å². The minimum atomic E-state index is -0.642. The summed E-state index contributed by atoms with van der Waals surface area (Å²) in [6, 6.07) is 25.6. The Bertz CT molecular complexity index is 3660. The van der Waals surface area contributed by atoms with Crippen LogP contribution in [-0.2, 0) is 0 Å². The van der Waals surface area contributed by atoms with Gasteiger partial charge >= 0.3 is 0 Å². The van der Waals surface area contributed by atoms with Gasteiger partial charge in [0.1, 0.15) is 11.2 Å². The van der Waals surface area contributed by atoms with Crippen molar-refractivity contribution in [2.45, 2.75) is 0 Å². The fraction of sp³-hybridized carbons (Fsp3) is 0. The average Bonchev–Trinajstić information content (AvgIpc) is 3.86. The highest BCUT2D eigenvalue weighted by Gasteiger charge is 2.22. The molecular weight excluding hydrogens is 635 g/mol. The first-order chi connectivity index (χ1) is 30.8. The maximum atomic E-state index is 10.3. The van der Waals surface area contributed by atoms with Crippen molar-refractivity contribution in [3.8, 4) is 39.6 Å². The number of para-hydroxylation sites is 1. The lowest BCUT2D eigenvalue weighted by atomic mass is 10.00. The van der Waals surface area contributed by atoms with E-state index in [2.05, 4.69) is 0 Å². The van der Waals surface area contributed by atoms with Crippen molar-refractivity contribution in [3.63, 3.8) is 0 Å². The maximum absolute atomic E-state index is 10.3. The Morgan fingerprint density at radius 2 is 1.04 bits per heavy atom. The van der Waals surface area contributed by atoms with E-state index in [1.807, 2.05) is 77.4 Å². The molecule has 11 aromatic rings. The fourth-order valence-electron chi connectivity index (χ4n) is 7.34. The molecule has 0 unspecified atom stereocenters. The van der Waals surface area contributed by atoms with Crippen LogP contribution in [-0.4, -0.2) is 14.5 Å². The molecule has 0 atom stereocenters. The van der Waals surface area contributed by atoms with Crippen molar-refractivity contribution in [1.29, 1.82) is 0 Å². The van der Waals surface area contributed by atoms with Gasteiger partial charge in [-0.2, -0.15) is 0 Å². The molecule has 3 aromatic heterocycles. The number of aromatic nitrogens is 3. The minimum Gasteiger partial charge on any atom is -0.456 e. The Balaban J connectivity index is 1.34. The molecule has 4 nitrogen and oxygen atoms in total. The van der Waals surface area contributed by atoms with Gasteiger partial charge in [-0.05, 0) is 51.9 Å². The number of furan rings is 1. The number of rotatable bonds is 4. The Hall–Kier alpha value is -7.04. The van der Waals surface area contributed by atoms with Crippen LogP contribution in [0.3, 0.4) is 0 Å². The summed E-state index contributed by atoms with van der Waals surface area (Å²) in [5.41, 5.74) is 0.882. The topological polar surface area (TPSA) is 43.9 Å². The summed E-state index contributed by atoms with van der Waals surface area (Å²) in [6.07, 6.45) is 0. The van der Waals surface area contributed by atoms with Gasteiger partial charge in [0, 0.05) is 44.3 Å². The van der Waals surface area contributed by atoms with Crippen LogP contribution in [0.15, 0.2) is 180 Å². The highest BCUT2D eigenvalue weighted by molar-refractivity contribution is 6.28. The highest BCUT2D eigenvalue weighted by atomic mass is 16.3. The van der Waals surface area contributed by atoms with Gasteiger partial charge in [0.05, 0.1) is 44.6 Å². The number of hydrogen-bond donors (Lipinski definition) is 0. The van der Waals surface area contributed by atoms with Gasteiger partial charge in [-0.25, -0.2) is 9.97 Å². The second-order valence-electron chi connectivity index (χ2n) is 12.4. The summed E-state index contributed by atoms with van der Waals surface area (Å²) in [5, 5.41) is 6.48. The average molecular weight is 676 g/mol. The maximum Gasteiger partial charge on any atom is 0.161 e. The van der Waals surface area contributed by atoms with Crippen molar-refractivity contribution in [2.75, 3.05) is 0 Å². The molecule has 0 N–H and O–H groups in total. The summed E-state index contributed by atoms with van der Waals surface area (Å²) in [5.74, 6) is -0.245. The first-order valence-corrected chi connectivity index (χ1v) is 16.6. The van der Waals surface area contributed by atoms with Gasteiger partial charge in [-0.15, -0.1) is 0 Å². The standard InChI is InChI=1S/C48H29N3O/c1-3-15-32(16-4-1)39-29-40(33-17-5-2-6-18-33)50-48(49-39)38-27-34(28-44-45(38)37-21-11-12-22-43(37)52-44)51-41-25-23-30-13-7-9-19-35(30)46(41)47-36-20-10-8-14-31(36)24-26-42(47)51/h1-29H/i1D,2D,3D,4D,5D,6D,15D,16D,17D,18D,27D,28D. The predicted octanol–water partition coefficient (Wildman–Crippen LogP) is 12.8. The van der Waals surface area contributed by atoms with E-state index in [1.54, 1.807) is 24.3 Å². The first kappa shape index (κ1) is 19.4. The van der Waals surface area contributed by atoms with E-state index in [1.165, 1.54) is 6.07 Å². The molecule has 52 heavy (non-hydrogen) atoms. The van der Waals surface area contributed by atoms with E-state index in [9.17, 15) is 2.74 Å². The third-order valence-corrected chi connectivity index (χ3v) is 9.55. The van der Waals surface area contributed by atoms with Gasteiger partial charge in [0.25, 0.3) is 0 Å². The van der Waals surface area contributed by atoms with Crippen molar-refractivity contribution in [1.82, 2.24) is 14.5 Å². The Kier molecular flexibility index (Phi) is 4.19. The molecule has 0 spiro atoms. The molecule has 0 saturated carbocycles. The first-order valence-electron chi connectivity index (χ1n) is 22.6. The molecular formula is C48H29N3O. The van der Waals surface area contributed by atoms with Crippen LogP contribution in [0, 0.1) is 0 Å². The van der Waals surface area contributed by atoms with Gasteiger partial charge in [0.15, 0.2) is 5.82 Å². The normalized spacial score (nSPS) is 15.1. The number of hydrogen-bond acceptors (Lipinski definition) is 3. The summed E-state index contributed by atoms with van der Waals surface area (Å²) >= 11 is 0. The molecule has 0 saturated heterocycles. The van der Waals surface area contributed by atoms with Crippen LogP contribution in [0.5, 0.6) is 0 Å². The molecule has 0 aliphatic heterocycles. The van der Waals surface area contributed by atoms with E-state index in [4.69, 9.17) is 28.1 Å². The highest BCUT2D eigenvalue weighted by Crippen LogP contribution is 2.44. The van der Waals surface area contributed by atoms with Crippen molar-refractivity contribution < 1.29 is 20.9 Å². The number of nitrogens with zero attached hydrogens (tertiary/aromatic N) is 3. The molecule has 8 aromatic carbocycles.